The van der Waals surface area contributed by atoms with E-state index in [1.165, 1.54) is 6.07 Å². The first-order chi connectivity index (χ1) is 6.32. The predicted octanol–water partition coefficient (Wildman–Crippen LogP) is 1.83. The molecule has 0 N–H and O–H groups in total. The van der Waals surface area contributed by atoms with Gasteiger partial charge in [0.15, 0.2) is 11.6 Å². The molecule has 0 saturated carbocycles. The second-order valence-corrected chi connectivity index (χ2v) is 3.50. The average molecular weight is 180 g/mol. The molecule has 1 spiro atoms. The highest BCUT2D eigenvalue weighted by atomic mass is 19.1. The number of epoxide rings is 1. The zero-order chi connectivity index (χ0) is 8.89. The Morgan fingerprint density at radius 3 is 3.00 bits per heavy atom. The van der Waals surface area contributed by atoms with Gasteiger partial charge in [0.05, 0.1) is 13.2 Å². The normalized spacial score (nSPS) is 29.6. The molecule has 0 aliphatic carbocycles. The Morgan fingerprint density at radius 2 is 2.23 bits per heavy atom. The van der Waals surface area contributed by atoms with E-state index in [1.54, 1.807) is 6.07 Å². The monoisotopic (exact) mass is 180 g/mol. The Balaban J connectivity index is 2.19. The number of ether oxygens (including phenoxy) is 2. The molecule has 0 aromatic heterocycles. The lowest BCUT2D eigenvalue weighted by molar-refractivity contribution is 0.186. The molecule has 1 aromatic rings. The third-order valence-electron chi connectivity index (χ3n) is 2.70. The van der Waals surface area contributed by atoms with Crippen LogP contribution in [-0.2, 0) is 10.3 Å². The van der Waals surface area contributed by atoms with Crippen LogP contribution in [0, 0.1) is 5.82 Å². The van der Waals surface area contributed by atoms with Crippen molar-refractivity contribution >= 4 is 0 Å². The van der Waals surface area contributed by atoms with Crippen molar-refractivity contribution in [3.63, 3.8) is 0 Å². The van der Waals surface area contributed by atoms with Crippen LogP contribution >= 0.6 is 0 Å². The van der Waals surface area contributed by atoms with Crippen molar-refractivity contribution in [3.8, 4) is 5.75 Å². The summed E-state index contributed by atoms with van der Waals surface area (Å²) in [5.41, 5.74) is 0.661. The predicted molar refractivity (Wildman–Crippen MR) is 44.1 cm³/mol. The Bertz CT molecular complexity index is 358. The van der Waals surface area contributed by atoms with Gasteiger partial charge in [-0.1, -0.05) is 12.1 Å². The van der Waals surface area contributed by atoms with Crippen molar-refractivity contribution in [3.05, 3.63) is 29.6 Å². The van der Waals surface area contributed by atoms with Crippen LogP contribution in [0.3, 0.4) is 0 Å². The van der Waals surface area contributed by atoms with E-state index in [0.717, 1.165) is 12.0 Å². The summed E-state index contributed by atoms with van der Waals surface area (Å²) in [6, 6.07) is 5.00. The molecule has 2 heterocycles. The molecule has 68 valence electrons. The lowest BCUT2D eigenvalue weighted by atomic mass is 9.94. The van der Waals surface area contributed by atoms with E-state index in [4.69, 9.17) is 9.47 Å². The lowest BCUT2D eigenvalue weighted by Crippen LogP contribution is -2.21. The molecule has 1 atom stereocenters. The van der Waals surface area contributed by atoms with Crippen LogP contribution in [0.5, 0.6) is 5.75 Å². The van der Waals surface area contributed by atoms with Gasteiger partial charge in [0.25, 0.3) is 0 Å². The van der Waals surface area contributed by atoms with E-state index in [1.807, 2.05) is 6.07 Å². The molecule has 2 aliphatic heterocycles. The van der Waals surface area contributed by atoms with E-state index in [2.05, 4.69) is 0 Å². The van der Waals surface area contributed by atoms with Crippen molar-refractivity contribution in [2.24, 2.45) is 0 Å². The maximum atomic E-state index is 13.3. The molecule has 1 fully saturated rings. The van der Waals surface area contributed by atoms with Crippen molar-refractivity contribution in [2.75, 3.05) is 13.2 Å². The first-order valence-corrected chi connectivity index (χ1v) is 4.38. The molecule has 0 radical (unpaired) electrons. The molecule has 1 unspecified atom stereocenters. The maximum absolute atomic E-state index is 13.3. The van der Waals surface area contributed by atoms with Crippen LogP contribution in [0.1, 0.15) is 12.0 Å². The summed E-state index contributed by atoms with van der Waals surface area (Å²) in [4.78, 5) is 0. The molecule has 3 rings (SSSR count). The Morgan fingerprint density at radius 1 is 1.38 bits per heavy atom. The quantitative estimate of drug-likeness (QED) is 0.568. The van der Waals surface area contributed by atoms with Crippen LogP contribution in [0.25, 0.3) is 0 Å². The van der Waals surface area contributed by atoms with Gasteiger partial charge in [-0.2, -0.15) is 0 Å². The van der Waals surface area contributed by atoms with Crippen molar-refractivity contribution in [2.45, 2.75) is 12.0 Å². The third-order valence-corrected chi connectivity index (χ3v) is 2.70. The van der Waals surface area contributed by atoms with Gasteiger partial charge in [-0.25, -0.2) is 4.39 Å². The summed E-state index contributed by atoms with van der Waals surface area (Å²) >= 11 is 0. The van der Waals surface area contributed by atoms with E-state index in [-0.39, 0.29) is 11.4 Å². The summed E-state index contributed by atoms with van der Waals surface area (Å²) in [6.07, 6.45) is 0.837. The topological polar surface area (TPSA) is 21.8 Å². The number of benzene rings is 1. The number of halogens is 1. The SMILES string of the molecule is Fc1cccc2c1OCCC21CO1. The summed E-state index contributed by atoms with van der Waals surface area (Å²) < 4.78 is 23.9. The number of rotatable bonds is 0. The second kappa shape index (κ2) is 2.23. The highest BCUT2D eigenvalue weighted by molar-refractivity contribution is 5.43. The summed E-state index contributed by atoms with van der Waals surface area (Å²) in [6.45, 7) is 1.25. The fraction of sp³-hybridized carbons (Fsp3) is 0.400. The molecule has 1 saturated heterocycles. The molecule has 0 bridgehead atoms. The minimum atomic E-state index is -0.285. The van der Waals surface area contributed by atoms with Gasteiger partial charge >= 0.3 is 0 Å². The molecular formula is C10H9FO2. The largest absolute Gasteiger partial charge is 0.490 e. The number of hydrogen-bond acceptors (Lipinski definition) is 2. The second-order valence-electron chi connectivity index (χ2n) is 3.50. The zero-order valence-corrected chi connectivity index (χ0v) is 7.05. The van der Waals surface area contributed by atoms with Gasteiger partial charge < -0.3 is 9.47 Å². The van der Waals surface area contributed by atoms with Gasteiger partial charge in [0.2, 0.25) is 0 Å². The fourth-order valence-corrected chi connectivity index (χ4v) is 1.85. The lowest BCUT2D eigenvalue weighted by Gasteiger charge is -2.23. The van der Waals surface area contributed by atoms with Crippen molar-refractivity contribution in [1.29, 1.82) is 0 Å². The molecule has 2 nitrogen and oxygen atoms in total. The summed E-state index contributed by atoms with van der Waals surface area (Å²) in [5.74, 6) is 0.0957. The minimum Gasteiger partial charge on any atom is -0.490 e. The Kier molecular flexibility index (Phi) is 1.26. The van der Waals surface area contributed by atoms with Gasteiger partial charge in [-0.15, -0.1) is 0 Å². The van der Waals surface area contributed by atoms with Crippen molar-refractivity contribution in [1.82, 2.24) is 0 Å². The highest BCUT2D eigenvalue weighted by Gasteiger charge is 2.50. The van der Waals surface area contributed by atoms with Gasteiger partial charge in [-0.3, -0.25) is 0 Å². The van der Waals surface area contributed by atoms with Crippen molar-refractivity contribution < 1.29 is 13.9 Å². The van der Waals surface area contributed by atoms with Gasteiger partial charge in [0, 0.05) is 12.0 Å². The minimum absolute atomic E-state index is 0.213. The molecule has 2 aliphatic rings. The van der Waals surface area contributed by atoms with E-state index in [9.17, 15) is 4.39 Å². The average Bonchev–Trinajstić information content (AvgIpc) is 2.89. The zero-order valence-electron chi connectivity index (χ0n) is 7.05. The third kappa shape index (κ3) is 0.907. The molecule has 13 heavy (non-hydrogen) atoms. The van der Waals surface area contributed by atoms with Crippen LogP contribution in [0.15, 0.2) is 18.2 Å². The molecule has 3 heteroatoms. The van der Waals surface area contributed by atoms with Crippen LogP contribution in [0.4, 0.5) is 4.39 Å². The fourth-order valence-electron chi connectivity index (χ4n) is 1.85. The first kappa shape index (κ1) is 7.33. The number of hydrogen-bond donors (Lipinski definition) is 0. The number of fused-ring (bicyclic) bond motifs is 2. The maximum Gasteiger partial charge on any atom is 0.165 e. The molecule has 1 aromatic carbocycles. The van der Waals surface area contributed by atoms with Crippen LogP contribution in [0.2, 0.25) is 0 Å². The summed E-state index contributed by atoms with van der Waals surface area (Å²) in [7, 11) is 0. The molecular weight excluding hydrogens is 171 g/mol. The molecule has 0 amide bonds. The Hall–Kier alpha value is -1.09. The standard InChI is InChI=1S/C10H9FO2/c11-8-3-1-2-7-9(8)12-5-4-10(7)6-13-10/h1-3H,4-6H2. The van der Waals surface area contributed by atoms with Gasteiger partial charge in [-0.05, 0) is 6.07 Å². The highest BCUT2D eigenvalue weighted by Crippen LogP contribution is 2.49. The summed E-state index contributed by atoms with van der Waals surface area (Å²) in [5, 5.41) is 0. The van der Waals surface area contributed by atoms with Gasteiger partial charge in [0.1, 0.15) is 5.60 Å². The number of para-hydroxylation sites is 1. The van der Waals surface area contributed by atoms with E-state index < -0.39 is 0 Å². The smallest absolute Gasteiger partial charge is 0.165 e. The first-order valence-electron chi connectivity index (χ1n) is 4.38. The van der Waals surface area contributed by atoms with E-state index >= 15 is 0 Å². The van der Waals surface area contributed by atoms with Crippen LogP contribution in [-0.4, -0.2) is 13.2 Å². The Labute approximate surface area is 75.3 Å². The van der Waals surface area contributed by atoms with E-state index in [0.29, 0.717) is 19.0 Å². The van der Waals surface area contributed by atoms with Crippen LogP contribution < -0.4 is 4.74 Å².